The summed E-state index contributed by atoms with van der Waals surface area (Å²) >= 11 is 1.85. The van der Waals surface area contributed by atoms with E-state index in [1.165, 1.54) is 81.4 Å². The zero-order valence-corrected chi connectivity index (χ0v) is 49.8. The number of fused-ring (bicyclic) bond motifs is 6. The van der Waals surface area contributed by atoms with Gasteiger partial charge in [-0.2, -0.15) is 0 Å². The van der Waals surface area contributed by atoms with Crippen molar-refractivity contribution in [3.05, 3.63) is 340 Å². The zero-order valence-electron chi connectivity index (χ0n) is 48.0. The first-order valence-corrected chi connectivity index (χ1v) is 32.5. The number of aromatic nitrogens is 1. The Morgan fingerprint density at radius 3 is 1.11 bits per heavy atom. The van der Waals surface area contributed by atoms with Crippen molar-refractivity contribution in [2.75, 3.05) is 0 Å². The van der Waals surface area contributed by atoms with Crippen molar-refractivity contribution in [3.8, 4) is 94.7 Å². The topological polar surface area (TPSA) is 22.0 Å². The van der Waals surface area contributed by atoms with Gasteiger partial charge in [0.1, 0.15) is 0 Å². The van der Waals surface area contributed by atoms with Gasteiger partial charge < -0.3 is 9.13 Å². The number of hydrogen-bond donors (Lipinski definition) is 0. The fourth-order valence-electron chi connectivity index (χ4n) is 13.2. The molecule has 0 aliphatic rings. The second-order valence-corrected chi connectivity index (χ2v) is 26.5. The normalized spacial score (nSPS) is 12.2. The minimum atomic E-state index is -3.43. The molecule has 0 saturated carbocycles. The lowest BCUT2D eigenvalue weighted by molar-refractivity contribution is 0.592. The van der Waals surface area contributed by atoms with Crippen LogP contribution in [-0.4, -0.2) is 4.57 Å². The summed E-state index contributed by atoms with van der Waals surface area (Å²) in [5, 5.41) is 7.08. The first-order chi connectivity index (χ1) is 43.5. The lowest BCUT2D eigenvalue weighted by Crippen LogP contribution is -2.25. The van der Waals surface area contributed by atoms with Crippen LogP contribution >= 0.6 is 18.5 Å². The van der Waals surface area contributed by atoms with Crippen LogP contribution in [0.4, 0.5) is 0 Å². The van der Waals surface area contributed by atoms with Gasteiger partial charge in [-0.05, 0) is 162 Å². The highest BCUT2D eigenvalue weighted by Crippen LogP contribution is 2.47. The Labute approximate surface area is 516 Å². The van der Waals surface area contributed by atoms with E-state index in [9.17, 15) is 0 Å². The number of hydrogen-bond acceptors (Lipinski definition) is 2. The van der Waals surface area contributed by atoms with Crippen LogP contribution in [-0.2, 0) is 4.57 Å². The van der Waals surface area contributed by atoms with E-state index in [4.69, 9.17) is 0 Å². The van der Waals surface area contributed by atoms with Crippen LogP contribution in [0, 0.1) is 0 Å². The SMILES string of the molecule is O=P(c1ccccc1)(c1ccc(-c2ccc(-c3ccccc3-c3ccccc3-c3ccccc3-c3ccccc3)cc2)cc1)c1ccc2c(c1)c1cc(-c3cccc(-c4ccc5sc6ccc(-c7ccccc7)cc6c5c4)c3)ccc1n2-c1ccccc1. The molecular weight excluding hydrogens is 1100 g/mol. The van der Waals surface area contributed by atoms with Crippen molar-refractivity contribution in [1.82, 2.24) is 4.57 Å². The van der Waals surface area contributed by atoms with E-state index in [0.717, 1.165) is 71.2 Å². The predicted molar refractivity (Wildman–Crippen MR) is 377 cm³/mol. The third kappa shape index (κ3) is 9.41. The molecule has 1 unspecified atom stereocenters. The monoisotopic (exact) mass is 1160 g/mol. The Bertz CT molecular complexity index is 5320. The highest BCUT2D eigenvalue weighted by Gasteiger charge is 2.31. The molecule has 2 heterocycles. The van der Waals surface area contributed by atoms with E-state index in [0.29, 0.717) is 0 Å². The molecule has 16 aromatic rings. The number of para-hydroxylation sites is 1. The van der Waals surface area contributed by atoms with Crippen molar-refractivity contribution < 1.29 is 4.57 Å². The quantitative estimate of drug-likeness (QED) is 0.112. The lowest BCUT2D eigenvalue weighted by Gasteiger charge is -2.21. The average Bonchev–Trinajstić information content (AvgIpc) is 1.67. The molecular formula is C84H56NOPS. The number of benzene rings is 14. The van der Waals surface area contributed by atoms with Gasteiger partial charge in [0.05, 0.1) is 11.0 Å². The van der Waals surface area contributed by atoms with Crippen LogP contribution < -0.4 is 15.9 Å². The molecule has 1 atom stereocenters. The van der Waals surface area contributed by atoms with Crippen molar-refractivity contribution in [2.24, 2.45) is 0 Å². The standard InChI is InChI=1S/C84H56NOPS/c86-87(68-28-11-4-12-29-68,69-45-40-59(41-46-69)58-36-38-61(39-37-58)72-31-14-16-33-74(72)76-35-18-17-34-75(76)73-32-15-13-30-71(73)60-22-7-2-8-23-60)70-47-49-82-78(56-70)77-53-65(42-48-81(77)85(82)67-26-9-3-10-27-67)62-24-19-25-63(52-62)66-44-51-84-80(55-66)79-54-64(43-50-83(79)88-84)57-20-5-1-6-21-57/h1-56H. The Hall–Kier alpha value is -10.7. The third-order valence-electron chi connectivity index (χ3n) is 17.6. The fourth-order valence-corrected chi connectivity index (χ4v) is 16.9. The van der Waals surface area contributed by atoms with Gasteiger partial charge in [0.15, 0.2) is 7.14 Å². The molecule has 0 bridgehead atoms. The van der Waals surface area contributed by atoms with Crippen LogP contribution in [0.3, 0.4) is 0 Å². The van der Waals surface area contributed by atoms with Crippen LogP contribution in [0.2, 0.25) is 0 Å². The molecule has 14 aromatic carbocycles. The molecule has 0 aliphatic carbocycles. The van der Waals surface area contributed by atoms with Crippen LogP contribution in [0.1, 0.15) is 0 Å². The largest absolute Gasteiger partial charge is 0.309 e. The molecule has 0 N–H and O–H groups in total. The Morgan fingerprint density at radius 2 is 0.557 bits per heavy atom. The molecule has 16 rings (SSSR count). The predicted octanol–water partition coefficient (Wildman–Crippen LogP) is 22.1. The smallest absolute Gasteiger partial charge is 0.171 e. The van der Waals surface area contributed by atoms with Gasteiger partial charge in [-0.15, -0.1) is 11.3 Å². The Kier molecular flexibility index (Phi) is 13.4. The van der Waals surface area contributed by atoms with E-state index in [1.54, 1.807) is 0 Å². The summed E-state index contributed by atoms with van der Waals surface area (Å²) in [6.07, 6.45) is 0. The van der Waals surface area contributed by atoms with Gasteiger partial charge in [-0.1, -0.05) is 267 Å². The molecule has 414 valence electrons. The highest BCUT2D eigenvalue weighted by atomic mass is 32.1. The number of nitrogens with zero attached hydrogens (tertiary/aromatic N) is 1. The molecule has 0 aliphatic heterocycles. The molecule has 0 fully saturated rings. The average molecular weight is 1160 g/mol. The molecule has 88 heavy (non-hydrogen) atoms. The second-order valence-electron chi connectivity index (χ2n) is 22.6. The molecule has 0 spiro atoms. The maximum absolute atomic E-state index is 16.6. The summed E-state index contributed by atoms with van der Waals surface area (Å²) in [5.74, 6) is 0. The van der Waals surface area contributed by atoms with E-state index in [-0.39, 0.29) is 0 Å². The summed E-state index contributed by atoms with van der Waals surface area (Å²) < 4.78 is 21.5. The van der Waals surface area contributed by atoms with Crippen molar-refractivity contribution in [2.45, 2.75) is 0 Å². The van der Waals surface area contributed by atoms with Gasteiger partial charge in [-0.3, -0.25) is 0 Å². The zero-order chi connectivity index (χ0) is 58.5. The van der Waals surface area contributed by atoms with Gasteiger partial charge in [0.25, 0.3) is 0 Å². The van der Waals surface area contributed by atoms with Gasteiger partial charge in [0, 0.05) is 52.5 Å². The van der Waals surface area contributed by atoms with Gasteiger partial charge in [-0.25, -0.2) is 0 Å². The highest BCUT2D eigenvalue weighted by molar-refractivity contribution is 7.85. The van der Waals surface area contributed by atoms with E-state index in [1.807, 2.05) is 41.7 Å². The summed E-state index contributed by atoms with van der Waals surface area (Å²) in [6, 6.07) is 121. The molecule has 2 nitrogen and oxygen atoms in total. The summed E-state index contributed by atoms with van der Waals surface area (Å²) in [5.41, 5.74) is 21.9. The fraction of sp³-hybridized carbons (Fsp3) is 0. The maximum atomic E-state index is 16.6. The van der Waals surface area contributed by atoms with Crippen molar-refractivity contribution in [3.63, 3.8) is 0 Å². The molecule has 0 saturated heterocycles. The summed E-state index contributed by atoms with van der Waals surface area (Å²) in [7, 11) is -3.43. The molecule has 0 radical (unpaired) electrons. The first-order valence-electron chi connectivity index (χ1n) is 30.0. The summed E-state index contributed by atoms with van der Waals surface area (Å²) in [4.78, 5) is 0. The Balaban J connectivity index is 0.747. The minimum absolute atomic E-state index is 0.787. The van der Waals surface area contributed by atoms with E-state index >= 15 is 4.57 Å². The molecule has 0 amide bonds. The Morgan fingerprint density at radius 1 is 0.227 bits per heavy atom. The second kappa shape index (κ2) is 22.3. The minimum Gasteiger partial charge on any atom is -0.309 e. The number of thiophene rings is 1. The summed E-state index contributed by atoms with van der Waals surface area (Å²) in [6.45, 7) is 0. The van der Waals surface area contributed by atoms with Crippen LogP contribution in [0.5, 0.6) is 0 Å². The van der Waals surface area contributed by atoms with Crippen LogP contribution in [0.25, 0.3) is 137 Å². The van der Waals surface area contributed by atoms with Gasteiger partial charge in [0.2, 0.25) is 0 Å². The lowest BCUT2D eigenvalue weighted by atomic mass is 9.86. The maximum Gasteiger partial charge on any atom is 0.171 e. The first kappa shape index (κ1) is 52.9. The van der Waals surface area contributed by atoms with E-state index in [2.05, 4.69) is 314 Å². The van der Waals surface area contributed by atoms with Gasteiger partial charge >= 0.3 is 0 Å². The van der Waals surface area contributed by atoms with Crippen LogP contribution in [0.15, 0.2) is 340 Å². The molecule has 2 aromatic heterocycles. The number of rotatable bonds is 12. The third-order valence-corrected chi connectivity index (χ3v) is 21.8. The van der Waals surface area contributed by atoms with Crippen molar-refractivity contribution in [1.29, 1.82) is 0 Å². The van der Waals surface area contributed by atoms with Crippen molar-refractivity contribution >= 4 is 76.4 Å². The molecule has 4 heteroatoms. The van der Waals surface area contributed by atoms with E-state index < -0.39 is 7.14 Å².